The maximum absolute atomic E-state index is 13.3. The molecule has 3 N–H and O–H groups in total. The van der Waals surface area contributed by atoms with Crippen molar-refractivity contribution in [3.05, 3.63) is 89.0 Å². The van der Waals surface area contributed by atoms with Gasteiger partial charge in [-0.2, -0.15) is 0 Å². The van der Waals surface area contributed by atoms with Crippen molar-refractivity contribution in [1.82, 2.24) is 15.3 Å². The highest BCUT2D eigenvalue weighted by Crippen LogP contribution is 2.31. The summed E-state index contributed by atoms with van der Waals surface area (Å²) in [7, 11) is 0. The van der Waals surface area contributed by atoms with Gasteiger partial charge < -0.3 is 25.3 Å². The van der Waals surface area contributed by atoms with Crippen molar-refractivity contribution >= 4 is 39.7 Å². The monoisotopic (exact) mass is 547 g/mol. The summed E-state index contributed by atoms with van der Waals surface area (Å²) >= 11 is 6.40. The number of fused-ring (bicyclic) bond motifs is 1. The Hall–Kier alpha value is -4.23. The molecule has 3 aromatic carbocycles. The lowest BCUT2D eigenvalue weighted by Crippen LogP contribution is -2.30. The Morgan fingerprint density at radius 3 is 2.67 bits per heavy atom. The van der Waals surface area contributed by atoms with Gasteiger partial charge in [0.15, 0.2) is 5.71 Å². The molecule has 5 rings (SSSR count). The Morgan fingerprint density at radius 1 is 1.15 bits per heavy atom. The number of nitrogens with one attached hydrogen (secondary N) is 2. The fraction of sp³-hybridized carbons (Fsp3) is 0.207. The molecule has 1 aromatic heterocycles. The number of ether oxygens (including phenoxy) is 2. The second kappa shape index (κ2) is 14.1. The predicted octanol–water partition coefficient (Wildman–Crippen LogP) is 5.55. The summed E-state index contributed by atoms with van der Waals surface area (Å²) in [6, 6.07) is 16.8. The van der Waals surface area contributed by atoms with Gasteiger partial charge in [-0.1, -0.05) is 34.8 Å². The van der Waals surface area contributed by atoms with Crippen LogP contribution in [0.5, 0.6) is 5.75 Å². The fourth-order valence-corrected chi connectivity index (χ4v) is 3.95. The van der Waals surface area contributed by atoms with Crippen molar-refractivity contribution in [2.24, 2.45) is 5.16 Å². The molecule has 0 aliphatic carbocycles. The molecule has 39 heavy (non-hydrogen) atoms. The molecule has 10 heteroatoms. The van der Waals surface area contributed by atoms with E-state index >= 15 is 0 Å². The summed E-state index contributed by atoms with van der Waals surface area (Å²) in [5.41, 5.74) is 2.98. The maximum Gasteiger partial charge on any atom is 0.159 e. The van der Waals surface area contributed by atoms with Crippen LogP contribution in [0.15, 0.2) is 72.1 Å². The number of anilines is 2. The third-order valence-corrected chi connectivity index (χ3v) is 5.87. The number of aromatic nitrogens is 2. The van der Waals surface area contributed by atoms with E-state index in [1.165, 1.54) is 18.5 Å². The molecular formula is C29H27ClFN5O3. The van der Waals surface area contributed by atoms with Crippen LogP contribution in [0.1, 0.15) is 18.1 Å². The van der Waals surface area contributed by atoms with Gasteiger partial charge in [0.25, 0.3) is 0 Å². The summed E-state index contributed by atoms with van der Waals surface area (Å²) in [4.78, 5) is 8.62. The molecule has 0 bridgehead atoms. The minimum Gasteiger partial charge on any atom is -0.487 e. The highest BCUT2D eigenvalue weighted by Gasteiger charge is 2.10. The van der Waals surface area contributed by atoms with E-state index < -0.39 is 0 Å². The summed E-state index contributed by atoms with van der Waals surface area (Å²) in [5.74, 6) is 6.19. The minimum atomic E-state index is -0.318. The SMILES string of the molecule is C1COCCN1.CC#C/C(=N\O)c1ccc2ncnc(Nc3ccc(OCc4cccc(F)c4)c(Cl)c3)c2c1. The number of hydrogen-bond acceptors (Lipinski definition) is 8. The number of benzene rings is 3. The van der Waals surface area contributed by atoms with E-state index in [1.54, 1.807) is 55.5 Å². The van der Waals surface area contributed by atoms with E-state index in [0.717, 1.165) is 31.7 Å². The van der Waals surface area contributed by atoms with Gasteiger partial charge in [-0.05, 0) is 66.9 Å². The van der Waals surface area contributed by atoms with Crippen molar-refractivity contribution in [2.45, 2.75) is 13.5 Å². The molecule has 0 unspecified atom stereocenters. The minimum absolute atomic E-state index is 0.193. The molecule has 0 amide bonds. The fourth-order valence-electron chi connectivity index (χ4n) is 3.71. The van der Waals surface area contributed by atoms with Gasteiger partial charge in [0.05, 0.1) is 23.8 Å². The van der Waals surface area contributed by atoms with Crippen LogP contribution in [0.4, 0.5) is 15.9 Å². The third kappa shape index (κ3) is 7.88. The van der Waals surface area contributed by atoms with Crippen molar-refractivity contribution in [3.8, 4) is 17.6 Å². The van der Waals surface area contributed by atoms with Crippen molar-refractivity contribution in [3.63, 3.8) is 0 Å². The second-order valence-electron chi connectivity index (χ2n) is 8.33. The Bertz CT molecular complexity index is 1500. The number of oxime groups is 1. The van der Waals surface area contributed by atoms with Gasteiger partial charge in [-0.3, -0.25) is 0 Å². The van der Waals surface area contributed by atoms with E-state index in [1.807, 2.05) is 0 Å². The molecular weight excluding hydrogens is 521 g/mol. The molecule has 0 radical (unpaired) electrons. The Kier molecular flexibility index (Phi) is 10.0. The van der Waals surface area contributed by atoms with Crippen molar-refractivity contribution in [2.75, 3.05) is 31.6 Å². The van der Waals surface area contributed by atoms with Gasteiger partial charge in [-0.15, -0.1) is 0 Å². The number of rotatable bonds is 6. The van der Waals surface area contributed by atoms with Crippen LogP contribution < -0.4 is 15.4 Å². The van der Waals surface area contributed by atoms with Gasteiger partial charge in [0, 0.05) is 29.7 Å². The molecule has 1 aliphatic heterocycles. The molecule has 8 nitrogen and oxygen atoms in total. The molecule has 200 valence electrons. The number of hydrogen-bond donors (Lipinski definition) is 3. The third-order valence-electron chi connectivity index (χ3n) is 5.58. The van der Waals surface area contributed by atoms with Crippen LogP contribution >= 0.6 is 11.6 Å². The first-order chi connectivity index (χ1) is 19.1. The highest BCUT2D eigenvalue weighted by atomic mass is 35.5. The average molecular weight is 548 g/mol. The normalized spacial score (nSPS) is 13.1. The lowest BCUT2D eigenvalue weighted by molar-refractivity contribution is 0.109. The first kappa shape index (κ1) is 27.8. The lowest BCUT2D eigenvalue weighted by atomic mass is 10.1. The van der Waals surface area contributed by atoms with Crippen LogP contribution in [0, 0.1) is 17.7 Å². The zero-order valence-corrected chi connectivity index (χ0v) is 22.0. The van der Waals surface area contributed by atoms with E-state index in [2.05, 4.69) is 37.6 Å². The summed E-state index contributed by atoms with van der Waals surface area (Å²) in [6.07, 6.45) is 1.45. The first-order valence-corrected chi connectivity index (χ1v) is 12.6. The molecule has 1 aliphatic rings. The zero-order chi connectivity index (χ0) is 27.5. The Balaban J connectivity index is 0.000000519. The van der Waals surface area contributed by atoms with Crippen LogP contribution in [0.2, 0.25) is 5.02 Å². The molecule has 2 heterocycles. The number of nitrogens with zero attached hydrogens (tertiary/aromatic N) is 3. The summed E-state index contributed by atoms with van der Waals surface area (Å²) in [5, 5.41) is 20.0. The summed E-state index contributed by atoms with van der Waals surface area (Å²) in [6.45, 7) is 5.69. The smallest absolute Gasteiger partial charge is 0.159 e. The Morgan fingerprint density at radius 2 is 2.00 bits per heavy atom. The van der Waals surface area contributed by atoms with Crippen molar-refractivity contribution < 1.29 is 19.1 Å². The average Bonchev–Trinajstić information content (AvgIpc) is 2.97. The molecule has 1 saturated heterocycles. The van der Waals surface area contributed by atoms with Crippen LogP contribution in [0.25, 0.3) is 10.9 Å². The zero-order valence-electron chi connectivity index (χ0n) is 21.2. The van der Waals surface area contributed by atoms with Crippen LogP contribution in [0.3, 0.4) is 0 Å². The van der Waals surface area contributed by atoms with E-state index in [9.17, 15) is 9.60 Å². The van der Waals surface area contributed by atoms with E-state index in [4.69, 9.17) is 21.1 Å². The van der Waals surface area contributed by atoms with Gasteiger partial charge in [0.2, 0.25) is 0 Å². The predicted molar refractivity (Wildman–Crippen MR) is 150 cm³/mol. The summed E-state index contributed by atoms with van der Waals surface area (Å²) < 4.78 is 24.1. The molecule has 4 aromatic rings. The van der Waals surface area contributed by atoms with Gasteiger partial charge in [0.1, 0.15) is 30.3 Å². The molecule has 0 spiro atoms. The van der Waals surface area contributed by atoms with Gasteiger partial charge in [-0.25, -0.2) is 14.4 Å². The van der Waals surface area contributed by atoms with E-state index in [-0.39, 0.29) is 18.1 Å². The number of halogens is 2. The standard InChI is InChI=1S/C25H18ClFN4O2.C4H9NO/c1-2-4-22(31-32)17-7-9-23-20(12-17)25(29-15-28-23)30-19-8-10-24(21(26)13-19)33-14-16-5-3-6-18(27)11-16;1-3-6-4-2-5-1/h3,5-13,15,32H,14H2,1H3,(H,28,29,30);5H,1-4H2/b31-22+;. The lowest BCUT2D eigenvalue weighted by Gasteiger charge is -2.12. The molecule has 0 atom stereocenters. The van der Waals surface area contributed by atoms with Crippen LogP contribution in [-0.4, -0.2) is 47.2 Å². The van der Waals surface area contributed by atoms with Crippen molar-refractivity contribution in [1.29, 1.82) is 0 Å². The topological polar surface area (TPSA) is 101 Å². The molecule has 0 saturated carbocycles. The maximum atomic E-state index is 13.3. The quantitative estimate of drug-likeness (QED) is 0.126. The largest absolute Gasteiger partial charge is 0.487 e. The van der Waals surface area contributed by atoms with Gasteiger partial charge >= 0.3 is 0 Å². The second-order valence-corrected chi connectivity index (χ2v) is 8.74. The van der Waals surface area contributed by atoms with E-state index in [0.29, 0.717) is 38.9 Å². The van der Waals surface area contributed by atoms with Crippen LogP contribution in [-0.2, 0) is 11.3 Å². The first-order valence-electron chi connectivity index (χ1n) is 12.2. The highest BCUT2D eigenvalue weighted by molar-refractivity contribution is 6.32. The Labute approximate surface area is 230 Å². The molecule has 1 fully saturated rings. The number of morpholine rings is 1.